The highest BCUT2D eigenvalue weighted by Gasteiger charge is 2.29. The molecular formula is C15H24BrNS. The molecule has 3 heteroatoms. The van der Waals surface area contributed by atoms with E-state index in [1.807, 2.05) is 11.3 Å². The minimum atomic E-state index is 0.231. The van der Waals surface area contributed by atoms with Crippen molar-refractivity contribution >= 4 is 27.3 Å². The Morgan fingerprint density at radius 3 is 2.67 bits per heavy atom. The van der Waals surface area contributed by atoms with E-state index in [9.17, 15) is 0 Å². The van der Waals surface area contributed by atoms with Crippen molar-refractivity contribution in [2.75, 3.05) is 6.54 Å². The zero-order valence-electron chi connectivity index (χ0n) is 11.6. The number of nitrogens with one attached hydrogen (secondary N) is 1. The maximum Gasteiger partial charge on any atom is 0.0317 e. The summed E-state index contributed by atoms with van der Waals surface area (Å²) in [6.45, 7) is 7.92. The van der Waals surface area contributed by atoms with Crippen LogP contribution in [0.5, 0.6) is 0 Å². The minimum absolute atomic E-state index is 0.231. The van der Waals surface area contributed by atoms with E-state index in [0.29, 0.717) is 0 Å². The molecule has 1 fully saturated rings. The van der Waals surface area contributed by atoms with Crippen LogP contribution in [0.2, 0.25) is 0 Å². The number of hydrogen-bond acceptors (Lipinski definition) is 2. The predicted octanol–water partition coefficient (Wildman–Crippen LogP) is 5.17. The molecule has 1 saturated carbocycles. The first-order valence-corrected chi connectivity index (χ1v) is 8.62. The summed E-state index contributed by atoms with van der Waals surface area (Å²) in [6, 6.07) is 2.20. The lowest BCUT2D eigenvalue weighted by atomic mass is 9.78. The Kier molecular flexibility index (Phi) is 4.90. The molecule has 1 nitrogen and oxygen atoms in total. The molecule has 2 unspecified atom stereocenters. The van der Waals surface area contributed by atoms with Crippen molar-refractivity contribution in [3.05, 3.63) is 20.8 Å². The van der Waals surface area contributed by atoms with Crippen LogP contribution in [0.25, 0.3) is 0 Å². The van der Waals surface area contributed by atoms with E-state index in [2.05, 4.69) is 53.5 Å². The average Bonchev–Trinajstić information content (AvgIpc) is 2.72. The molecule has 1 aromatic rings. The van der Waals surface area contributed by atoms with Gasteiger partial charge in [-0.15, -0.1) is 11.3 Å². The van der Waals surface area contributed by atoms with Crippen molar-refractivity contribution < 1.29 is 0 Å². The van der Waals surface area contributed by atoms with Crippen molar-refractivity contribution in [3.8, 4) is 0 Å². The maximum absolute atomic E-state index is 3.71. The summed E-state index contributed by atoms with van der Waals surface area (Å²) in [5.41, 5.74) is 0.231. The molecule has 18 heavy (non-hydrogen) atoms. The van der Waals surface area contributed by atoms with E-state index in [4.69, 9.17) is 0 Å². The molecule has 102 valence electrons. The summed E-state index contributed by atoms with van der Waals surface area (Å²) >= 11 is 5.63. The van der Waals surface area contributed by atoms with Crippen LogP contribution in [0.15, 0.2) is 15.9 Å². The van der Waals surface area contributed by atoms with Crippen molar-refractivity contribution in [3.63, 3.8) is 0 Å². The van der Waals surface area contributed by atoms with Gasteiger partial charge in [0, 0.05) is 14.9 Å². The Balaban J connectivity index is 2.05. The standard InChI is InChI=1S/C15H24BrNS/c1-15(2,3)17-10-11-6-4-5-7-12(11)14-13(16)8-9-18-14/h8-9,11-12,17H,4-7,10H2,1-3H3. The summed E-state index contributed by atoms with van der Waals surface area (Å²) in [5.74, 6) is 1.55. The first-order chi connectivity index (χ1) is 8.47. The summed E-state index contributed by atoms with van der Waals surface area (Å²) in [4.78, 5) is 1.57. The predicted molar refractivity (Wildman–Crippen MR) is 84.5 cm³/mol. The topological polar surface area (TPSA) is 12.0 Å². The van der Waals surface area contributed by atoms with Crippen molar-refractivity contribution in [1.29, 1.82) is 0 Å². The molecule has 0 bridgehead atoms. The van der Waals surface area contributed by atoms with E-state index in [1.54, 1.807) is 4.88 Å². The fraction of sp³-hybridized carbons (Fsp3) is 0.733. The van der Waals surface area contributed by atoms with Crippen molar-refractivity contribution in [2.24, 2.45) is 5.92 Å². The van der Waals surface area contributed by atoms with Gasteiger partial charge in [-0.2, -0.15) is 0 Å². The van der Waals surface area contributed by atoms with Gasteiger partial charge >= 0.3 is 0 Å². The molecule has 0 radical (unpaired) electrons. The Bertz CT molecular complexity index is 380. The Morgan fingerprint density at radius 1 is 1.33 bits per heavy atom. The molecule has 0 saturated heterocycles. The second-order valence-electron chi connectivity index (χ2n) is 6.41. The van der Waals surface area contributed by atoms with Gasteiger partial charge in [0.2, 0.25) is 0 Å². The van der Waals surface area contributed by atoms with Crippen LogP contribution in [0.3, 0.4) is 0 Å². The largest absolute Gasteiger partial charge is 0.312 e. The maximum atomic E-state index is 3.71. The fourth-order valence-electron chi connectivity index (χ4n) is 2.80. The average molecular weight is 330 g/mol. The van der Waals surface area contributed by atoms with Crippen LogP contribution in [0.4, 0.5) is 0 Å². The van der Waals surface area contributed by atoms with Gasteiger partial charge in [0.05, 0.1) is 0 Å². The molecule has 1 heterocycles. The van der Waals surface area contributed by atoms with Crippen LogP contribution in [-0.4, -0.2) is 12.1 Å². The molecule has 2 rings (SSSR count). The van der Waals surface area contributed by atoms with Crippen LogP contribution < -0.4 is 5.32 Å². The van der Waals surface area contributed by atoms with E-state index < -0.39 is 0 Å². The molecular weight excluding hydrogens is 306 g/mol. The second-order valence-corrected chi connectivity index (χ2v) is 8.22. The summed E-state index contributed by atoms with van der Waals surface area (Å²) in [7, 11) is 0. The van der Waals surface area contributed by atoms with Crippen molar-refractivity contribution in [1.82, 2.24) is 5.32 Å². The second kappa shape index (κ2) is 6.06. The smallest absolute Gasteiger partial charge is 0.0317 e. The van der Waals surface area contributed by atoms with E-state index in [0.717, 1.165) is 18.4 Å². The normalized spacial score (nSPS) is 25.3. The molecule has 1 aliphatic rings. The number of hydrogen-bond donors (Lipinski definition) is 1. The monoisotopic (exact) mass is 329 g/mol. The molecule has 0 aliphatic heterocycles. The molecule has 0 aromatic carbocycles. The van der Waals surface area contributed by atoms with Gasteiger partial charge in [0.1, 0.15) is 0 Å². The van der Waals surface area contributed by atoms with Crippen LogP contribution in [-0.2, 0) is 0 Å². The summed E-state index contributed by atoms with van der Waals surface area (Å²) < 4.78 is 1.32. The first-order valence-electron chi connectivity index (χ1n) is 6.95. The van der Waals surface area contributed by atoms with Gasteiger partial charge in [-0.1, -0.05) is 12.8 Å². The lowest BCUT2D eigenvalue weighted by Gasteiger charge is -2.34. The Hall–Kier alpha value is 0.140. The molecule has 1 N–H and O–H groups in total. The third-order valence-corrected chi connectivity index (χ3v) is 5.79. The van der Waals surface area contributed by atoms with Gasteiger partial charge in [-0.25, -0.2) is 0 Å². The molecule has 1 aromatic heterocycles. The number of rotatable bonds is 3. The highest BCUT2D eigenvalue weighted by Crippen LogP contribution is 2.42. The lowest BCUT2D eigenvalue weighted by Crippen LogP contribution is -2.41. The zero-order chi connectivity index (χ0) is 13.2. The quantitative estimate of drug-likeness (QED) is 0.806. The van der Waals surface area contributed by atoms with Gasteiger partial charge in [0.15, 0.2) is 0 Å². The molecule has 1 aliphatic carbocycles. The van der Waals surface area contributed by atoms with Crippen LogP contribution in [0.1, 0.15) is 57.2 Å². The first kappa shape index (κ1) is 14.5. The fourth-order valence-corrected chi connectivity index (χ4v) is 4.70. The number of thiophene rings is 1. The molecule has 0 amide bonds. The van der Waals surface area contributed by atoms with Crippen molar-refractivity contribution in [2.45, 2.75) is 57.9 Å². The highest BCUT2D eigenvalue weighted by atomic mass is 79.9. The third-order valence-electron chi connectivity index (χ3n) is 3.79. The molecule has 2 atom stereocenters. The van der Waals surface area contributed by atoms with Gasteiger partial charge in [-0.3, -0.25) is 0 Å². The van der Waals surface area contributed by atoms with Crippen LogP contribution >= 0.6 is 27.3 Å². The van der Waals surface area contributed by atoms with Crippen LogP contribution in [0, 0.1) is 5.92 Å². The minimum Gasteiger partial charge on any atom is -0.312 e. The SMILES string of the molecule is CC(C)(C)NCC1CCCCC1c1sccc1Br. The third kappa shape index (κ3) is 3.82. The number of halogens is 1. The highest BCUT2D eigenvalue weighted by molar-refractivity contribution is 9.10. The summed E-state index contributed by atoms with van der Waals surface area (Å²) in [5, 5.41) is 5.90. The molecule has 0 spiro atoms. The Labute approximate surface area is 123 Å². The zero-order valence-corrected chi connectivity index (χ0v) is 14.0. The van der Waals surface area contributed by atoms with Gasteiger partial charge in [0.25, 0.3) is 0 Å². The summed E-state index contributed by atoms with van der Waals surface area (Å²) in [6.07, 6.45) is 5.52. The Morgan fingerprint density at radius 2 is 2.06 bits per heavy atom. The van der Waals surface area contributed by atoms with E-state index >= 15 is 0 Å². The van der Waals surface area contributed by atoms with E-state index in [-0.39, 0.29) is 5.54 Å². The van der Waals surface area contributed by atoms with Gasteiger partial charge in [-0.05, 0) is 79.4 Å². The lowest BCUT2D eigenvalue weighted by molar-refractivity contribution is 0.271. The van der Waals surface area contributed by atoms with Gasteiger partial charge < -0.3 is 5.32 Å². The van der Waals surface area contributed by atoms with E-state index in [1.165, 1.54) is 30.2 Å².